The van der Waals surface area contributed by atoms with Crippen LogP contribution in [-0.4, -0.2) is 30.5 Å². The fourth-order valence-electron chi connectivity index (χ4n) is 2.23. The van der Waals surface area contributed by atoms with E-state index in [4.69, 9.17) is 4.74 Å². The quantitative estimate of drug-likeness (QED) is 0.891. The van der Waals surface area contributed by atoms with Crippen molar-refractivity contribution in [3.63, 3.8) is 0 Å². The summed E-state index contributed by atoms with van der Waals surface area (Å²) in [6, 6.07) is 4.89. The number of rotatable bonds is 4. The van der Waals surface area contributed by atoms with Gasteiger partial charge >= 0.3 is 0 Å². The lowest BCUT2D eigenvalue weighted by Gasteiger charge is -2.33. The van der Waals surface area contributed by atoms with Crippen LogP contribution in [0.25, 0.3) is 0 Å². The van der Waals surface area contributed by atoms with Crippen LogP contribution < -0.4 is 5.32 Å². The molecule has 1 atom stereocenters. The summed E-state index contributed by atoms with van der Waals surface area (Å²) in [4.78, 5) is 0. The molecule has 1 aromatic carbocycles. The molecule has 2 rings (SSSR count). The van der Waals surface area contributed by atoms with Crippen molar-refractivity contribution < 1.29 is 14.2 Å². The van der Waals surface area contributed by atoms with Crippen molar-refractivity contribution in [2.45, 2.75) is 31.4 Å². The average Bonchev–Trinajstić information content (AvgIpc) is 2.37. The number of nitrogens with one attached hydrogen (secondary N) is 1. The van der Waals surface area contributed by atoms with Crippen LogP contribution in [0.2, 0.25) is 0 Å². The van der Waals surface area contributed by atoms with E-state index in [1.807, 2.05) is 13.0 Å². The van der Waals surface area contributed by atoms with Crippen LogP contribution in [-0.2, 0) is 4.74 Å². The van der Waals surface area contributed by atoms with E-state index in [-0.39, 0.29) is 11.9 Å². The van der Waals surface area contributed by atoms with Crippen LogP contribution in [0.1, 0.15) is 31.4 Å². The topological polar surface area (TPSA) is 41.5 Å². The van der Waals surface area contributed by atoms with E-state index >= 15 is 0 Å². The minimum Gasteiger partial charge on any atom is -0.388 e. The summed E-state index contributed by atoms with van der Waals surface area (Å²) in [5.74, 6) is -0.242. The molecule has 106 valence electrons. The van der Waals surface area contributed by atoms with Gasteiger partial charge in [0.2, 0.25) is 0 Å². The van der Waals surface area contributed by atoms with Crippen molar-refractivity contribution in [1.29, 1.82) is 0 Å². The zero-order valence-corrected chi connectivity index (χ0v) is 12.5. The number of halogens is 2. The van der Waals surface area contributed by atoms with Crippen molar-refractivity contribution in [3.05, 3.63) is 34.1 Å². The zero-order chi connectivity index (χ0) is 13.9. The van der Waals surface area contributed by atoms with Gasteiger partial charge in [-0.05, 0) is 19.1 Å². The Morgan fingerprint density at radius 1 is 1.47 bits per heavy atom. The summed E-state index contributed by atoms with van der Waals surface area (Å²) in [5.41, 5.74) is -0.128. The molecule has 19 heavy (non-hydrogen) atoms. The van der Waals surface area contributed by atoms with Gasteiger partial charge in [-0.25, -0.2) is 4.39 Å². The lowest BCUT2D eigenvalue weighted by atomic mass is 9.94. The highest BCUT2D eigenvalue weighted by atomic mass is 79.9. The smallest absolute Gasteiger partial charge is 0.129 e. The molecule has 1 aromatic rings. The van der Waals surface area contributed by atoms with Gasteiger partial charge in [-0.2, -0.15) is 0 Å². The number of benzene rings is 1. The highest BCUT2D eigenvalue weighted by Gasteiger charge is 2.30. The summed E-state index contributed by atoms with van der Waals surface area (Å²) in [6.07, 6.45) is 1.24. The molecule has 1 saturated heterocycles. The van der Waals surface area contributed by atoms with E-state index in [0.29, 0.717) is 38.2 Å². The SMILES string of the molecule is CC(NCC1(O)CCOCC1)c1ccc(Br)cc1F. The lowest BCUT2D eigenvalue weighted by molar-refractivity contribution is -0.0626. The Hall–Kier alpha value is -0.490. The van der Waals surface area contributed by atoms with Gasteiger partial charge < -0.3 is 15.2 Å². The molecule has 2 N–H and O–H groups in total. The van der Waals surface area contributed by atoms with Gasteiger partial charge in [-0.3, -0.25) is 0 Å². The maximum Gasteiger partial charge on any atom is 0.129 e. The maximum atomic E-state index is 13.8. The molecule has 0 amide bonds. The van der Waals surface area contributed by atoms with Crippen LogP contribution >= 0.6 is 15.9 Å². The third kappa shape index (κ3) is 3.99. The normalized spacial score (nSPS) is 20.2. The van der Waals surface area contributed by atoms with Gasteiger partial charge in [0.1, 0.15) is 5.82 Å². The summed E-state index contributed by atoms with van der Waals surface area (Å²) in [7, 11) is 0. The van der Waals surface area contributed by atoms with E-state index < -0.39 is 5.60 Å². The van der Waals surface area contributed by atoms with Crippen molar-refractivity contribution >= 4 is 15.9 Å². The molecular weight excluding hydrogens is 313 g/mol. The van der Waals surface area contributed by atoms with Crippen molar-refractivity contribution in [2.75, 3.05) is 19.8 Å². The zero-order valence-electron chi connectivity index (χ0n) is 11.0. The van der Waals surface area contributed by atoms with Crippen molar-refractivity contribution in [3.8, 4) is 0 Å². The molecule has 1 heterocycles. The summed E-state index contributed by atoms with van der Waals surface area (Å²) in [5, 5.41) is 13.5. The van der Waals surface area contributed by atoms with E-state index in [1.165, 1.54) is 6.07 Å². The van der Waals surface area contributed by atoms with E-state index in [0.717, 1.165) is 4.47 Å². The standard InChI is InChI=1S/C14H19BrFNO2/c1-10(12-3-2-11(15)8-13(12)16)17-9-14(18)4-6-19-7-5-14/h2-3,8,10,17-18H,4-7,9H2,1H3. The van der Waals surface area contributed by atoms with Crippen LogP contribution in [0.4, 0.5) is 4.39 Å². The van der Waals surface area contributed by atoms with E-state index in [9.17, 15) is 9.50 Å². The largest absolute Gasteiger partial charge is 0.388 e. The Morgan fingerprint density at radius 3 is 2.79 bits per heavy atom. The highest BCUT2D eigenvalue weighted by Crippen LogP contribution is 2.23. The van der Waals surface area contributed by atoms with Crippen LogP contribution in [0.5, 0.6) is 0 Å². The molecule has 1 aliphatic heterocycles. The Bertz CT molecular complexity index is 435. The first-order valence-electron chi connectivity index (χ1n) is 6.49. The molecule has 3 nitrogen and oxygen atoms in total. The lowest BCUT2D eigenvalue weighted by Crippen LogP contribution is -2.45. The summed E-state index contributed by atoms with van der Waals surface area (Å²) >= 11 is 3.24. The number of hydrogen-bond donors (Lipinski definition) is 2. The Kier molecular flexibility index (Phi) is 4.95. The molecule has 1 aliphatic rings. The Balaban J connectivity index is 1.95. The van der Waals surface area contributed by atoms with Gasteiger partial charge in [0.25, 0.3) is 0 Å². The van der Waals surface area contributed by atoms with Gasteiger partial charge in [-0.1, -0.05) is 22.0 Å². The summed E-state index contributed by atoms with van der Waals surface area (Å²) < 4.78 is 19.8. The van der Waals surface area contributed by atoms with E-state index in [2.05, 4.69) is 21.2 Å². The van der Waals surface area contributed by atoms with Gasteiger partial charge in [0.05, 0.1) is 5.60 Å². The predicted octanol–water partition coefficient (Wildman–Crippen LogP) is 2.78. The third-order valence-electron chi connectivity index (χ3n) is 3.59. The van der Waals surface area contributed by atoms with Crippen LogP contribution in [0, 0.1) is 5.82 Å². The second-order valence-corrected chi connectivity index (χ2v) is 6.02. The van der Waals surface area contributed by atoms with Gasteiger partial charge in [0.15, 0.2) is 0 Å². The minimum absolute atomic E-state index is 0.139. The molecule has 0 saturated carbocycles. The molecule has 0 aliphatic carbocycles. The first kappa shape index (κ1) is 14.9. The minimum atomic E-state index is -0.738. The monoisotopic (exact) mass is 331 g/mol. The van der Waals surface area contributed by atoms with Gasteiger partial charge in [0, 0.05) is 48.7 Å². The van der Waals surface area contributed by atoms with Crippen LogP contribution in [0.15, 0.2) is 22.7 Å². The first-order valence-corrected chi connectivity index (χ1v) is 7.28. The molecule has 0 bridgehead atoms. The van der Waals surface area contributed by atoms with E-state index in [1.54, 1.807) is 6.07 Å². The van der Waals surface area contributed by atoms with Gasteiger partial charge in [-0.15, -0.1) is 0 Å². The predicted molar refractivity (Wildman–Crippen MR) is 75.5 cm³/mol. The average molecular weight is 332 g/mol. The van der Waals surface area contributed by atoms with Crippen molar-refractivity contribution in [1.82, 2.24) is 5.32 Å². The number of ether oxygens (including phenoxy) is 1. The maximum absolute atomic E-state index is 13.8. The molecule has 0 radical (unpaired) electrons. The summed E-state index contributed by atoms with van der Waals surface area (Å²) in [6.45, 7) is 3.51. The highest BCUT2D eigenvalue weighted by molar-refractivity contribution is 9.10. The first-order chi connectivity index (χ1) is 9.00. The third-order valence-corrected chi connectivity index (χ3v) is 4.08. The van der Waals surface area contributed by atoms with Crippen molar-refractivity contribution in [2.24, 2.45) is 0 Å². The second-order valence-electron chi connectivity index (χ2n) is 5.11. The number of hydrogen-bond acceptors (Lipinski definition) is 3. The molecule has 0 aromatic heterocycles. The molecule has 5 heteroatoms. The second kappa shape index (κ2) is 6.31. The molecular formula is C14H19BrFNO2. The number of aliphatic hydroxyl groups is 1. The Morgan fingerprint density at radius 2 is 2.16 bits per heavy atom. The Labute approximate surface area is 121 Å². The molecule has 0 spiro atoms. The van der Waals surface area contributed by atoms with Crippen LogP contribution in [0.3, 0.4) is 0 Å². The fraction of sp³-hybridized carbons (Fsp3) is 0.571. The fourth-order valence-corrected chi connectivity index (χ4v) is 2.57. The molecule has 1 unspecified atom stereocenters. The molecule has 1 fully saturated rings.